The lowest BCUT2D eigenvalue weighted by molar-refractivity contribution is -0.142. The molecular formula is C41H77N7O10S. The molecule has 0 aromatic carbocycles. The maximum Gasteiger partial charge on any atom is 0.326 e. The number of carbonyl (C=O) groups excluding carboxylic acids is 4. The van der Waals surface area contributed by atoms with Gasteiger partial charge in [-0.1, -0.05) is 89.9 Å². The SMILES string of the molecule is N[C@@H](CCCCNC(=O)CC[C@H](NC(=O)CCCCCCCCCCCCCCCCC(=O)O)C(=O)O)C(=O)NCCCC[C@H](N)C(=O)NCCCC[C@H](NS)C(=O)O. The summed E-state index contributed by atoms with van der Waals surface area (Å²) in [4.78, 5) is 82.3. The van der Waals surface area contributed by atoms with Crippen LogP contribution in [0, 0.1) is 0 Å². The van der Waals surface area contributed by atoms with Crippen LogP contribution in [0.5, 0.6) is 0 Å². The Morgan fingerprint density at radius 3 is 1.22 bits per heavy atom. The average Bonchev–Trinajstić information content (AvgIpc) is 3.19. The Labute approximate surface area is 357 Å². The van der Waals surface area contributed by atoms with Crippen LogP contribution in [0.4, 0.5) is 0 Å². The van der Waals surface area contributed by atoms with Gasteiger partial charge in [-0.25, -0.2) is 4.79 Å². The first-order valence-electron chi connectivity index (χ1n) is 22.0. The van der Waals surface area contributed by atoms with Gasteiger partial charge in [0.15, 0.2) is 0 Å². The molecule has 0 bridgehead atoms. The number of carboxylic acid groups (broad SMARTS) is 3. The fourth-order valence-electron chi connectivity index (χ4n) is 6.44. The van der Waals surface area contributed by atoms with Crippen LogP contribution in [-0.4, -0.2) is 101 Å². The van der Waals surface area contributed by atoms with Crippen LogP contribution in [0.2, 0.25) is 0 Å². The predicted octanol–water partition coefficient (Wildman–Crippen LogP) is 4.06. The second kappa shape index (κ2) is 37.5. The topological polar surface area (TPSA) is 292 Å². The number of hydrogen-bond donors (Lipinski definition) is 11. The van der Waals surface area contributed by atoms with Crippen molar-refractivity contribution < 1.29 is 48.9 Å². The summed E-state index contributed by atoms with van der Waals surface area (Å²) in [5.41, 5.74) is 12.0. The number of nitrogens with one attached hydrogen (secondary N) is 5. The van der Waals surface area contributed by atoms with Crippen LogP contribution >= 0.6 is 12.8 Å². The molecule has 18 heteroatoms. The highest BCUT2D eigenvalue weighted by Gasteiger charge is 2.21. The van der Waals surface area contributed by atoms with Gasteiger partial charge < -0.3 is 48.1 Å². The van der Waals surface area contributed by atoms with Crippen molar-refractivity contribution in [1.82, 2.24) is 26.0 Å². The third kappa shape index (κ3) is 34.0. The predicted molar refractivity (Wildman–Crippen MR) is 230 cm³/mol. The standard InChI is InChI=1S/C41H77N7O10S/c42-31(38(53)45-29-19-16-22-32(43)39(54)46-30-20-17-23-34(48-59)41(57)58)21-15-18-28-44-35(49)27-26-33(40(55)56)47-36(50)24-13-11-9-7-5-3-1-2-4-6-8-10-12-14-25-37(51)52/h31-34,48,59H,1-30,42-43H2,(H,44,49)(H,45,53)(H,46,54)(H,47,50)(H,51,52)(H,55,56)(H,57,58)/t31-,32-,33-,34-/m0/s1. The summed E-state index contributed by atoms with van der Waals surface area (Å²) in [7, 11) is 0. The lowest BCUT2D eigenvalue weighted by atomic mass is 10.0. The van der Waals surface area contributed by atoms with Crippen LogP contribution in [0.25, 0.3) is 0 Å². The summed E-state index contributed by atoms with van der Waals surface area (Å²) in [6.07, 6.45) is 20.4. The minimum absolute atomic E-state index is 0.0166. The Morgan fingerprint density at radius 1 is 0.424 bits per heavy atom. The molecule has 0 aromatic rings. The third-order valence-electron chi connectivity index (χ3n) is 10.2. The number of aliphatic carboxylic acids is 3. The molecule has 0 heterocycles. The fraction of sp³-hybridized carbons (Fsp3) is 0.829. The van der Waals surface area contributed by atoms with Gasteiger partial charge in [0.1, 0.15) is 12.1 Å². The first-order chi connectivity index (χ1) is 28.3. The van der Waals surface area contributed by atoms with Crippen molar-refractivity contribution in [3.8, 4) is 0 Å². The van der Waals surface area contributed by atoms with Gasteiger partial charge in [0.05, 0.1) is 12.1 Å². The number of carbonyl (C=O) groups is 7. The first kappa shape index (κ1) is 55.5. The maximum absolute atomic E-state index is 12.4. The molecule has 4 amide bonds. The molecule has 0 saturated heterocycles. The number of thiol groups is 1. The van der Waals surface area contributed by atoms with Crippen molar-refractivity contribution in [3.05, 3.63) is 0 Å². The van der Waals surface area contributed by atoms with Gasteiger partial charge in [0, 0.05) is 38.9 Å². The Bertz CT molecular complexity index is 1200. The van der Waals surface area contributed by atoms with E-state index in [9.17, 15) is 38.7 Å². The Hall–Kier alpha value is -3.48. The zero-order valence-electron chi connectivity index (χ0n) is 35.3. The first-order valence-corrected chi connectivity index (χ1v) is 22.4. The molecule has 0 saturated carbocycles. The van der Waals surface area contributed by atoms with E-state index in [2.05, 4.69) is 38.8 Å². The highest BCUT2D eigenvalue weighted by atomic mass is 32.1. The number of amides is 4. The van der Waals surface area contributed by atoms with Crippen molar-refractivity contribution in [1.29, 1.82) is 0 Å². The monoisotopic (exact) mass is 860 g/mol. The number of hydrogen-bond acceptors (Lipinski definition) is 11. The van der Waals surface area contributed by atoms with Gasteiger partial charge in [-0.15, -0.1) is 0 Å². The summed E-state index contributed by atoms with van der Waals surface area (Å²) in [6.45, 7) is 1.14. The van der Waals surface area contributed by atoms with Crippen LogP contribution in [-0.2, 0) is 33.6 Å². The zero-order chi connectivity index (χ0) is 44.1. The molecule has 4 atom stereocenters. The van der Waals surface area contributed by atoms with Crippen LogP contribution in [0.1, 0.15) is 173 Å². The second-order valence-corrected chi connectivity index (χ2v) is 15.8. The van der Waals surface area contributed by atoms with E-state index >= 15 is 0 Å². The number of carboxylic acids is 3. The van der Waals surface area contributed by atoms with Crippen LogP contribution in [0.3, 0.4) is 0 Å². The highest BCUT2D eigenvalue weighted by molar-refractivity contribution is 7.78. The summed E-state index contributed by atoms with van der Waals surface area (Å²) in [5, 5.41) is 38.0. The van der Waals surface area contributed by atoms with E-state index in [0.717, 1.165) is 38.5 Å². The Balaban J connectivity index is 3.87. The Kier molecular flexibility index (Phi) is 35.3. The van der Waals surface area contributed by atoms with Crippen molar-refractivity contribution >= 4 is 54.4 Å². The molecule has 0 fully saturated rings. The minimum Gasteiger partial charge on any atom is -0.481 e. The molecule has 0 unspecified atom stereocenters. The average molecular weight is 860 g/mol. The molecule has 0 spiro atoms. The molecule has 0 aliphatic heterocycles. The third-order valence-corrected chi connectivity index (χ3v) is 10.5. The summed E-state index contributed by atoms with van der Waals surface area (Å²) < 4.78 is 2.42. The largest absolute Gasteiger partial charge is 0.481 e. The minimum atomic E-state index is -1.18. The van der Waals surface area contributed by atoms with Crippen molar-refractivity contribution in [3.63, 3.8) is 0 Å². The van der Waals surface area contributed by atoms with Gasteiger partial charge >= 0.3 is 17.9 Å². The lowest BCUT2D eigenvalue weighted by Crippen LogP contribution is -2.42. The van der Waals surface area contributed by atoms with E-state index in [1.165, 1.54) is 44.9 Å². The van der Waals surface area contributed by atoms with E-state index in [0.29, 0.717) is 83.8 Å². The fourth-order valence-corrected chi connectivity index (χ4v) is 6.68. The van der Waals surface area contributed by atoms with E-state index in [1.807, 2.05) is 0 Å². The van der Waals surface area contributed by atoms with Crippen molar-refractivity contribution in [2.45, 2.75) is 198 Å². The quantitative estimate of drug-likeness (QED) is 0.0306. The molecular weight excluding hydrogens is 783 g/mol. The van der Waals surface area contributed by atoms with Gasteiger partial charge in [0.2, 0.25) is 23.6 Å². The molecule has 0 radical (unpaired) electrons. The molecule has 12 N–H and O–H groups in total. The van der Waals surface area contributed by atoms with Crippen LogP contribution < -0.4 is 37.5 Å². The van der Waals surface area contributed by atoms with Crippen molar-refractivity contribution in [2.75, 3.05) is 19.6 Å². The van der Waals surface area contributed by atoms with Crippen LogP contribution in [0.15, 0.2) is 0 Å². The van der Waals surface area contributed by atoms with E-state index in [-0.39, 0.29) is 49.3 Å². The molecule has 59 heavy (non-hydrogen) atoms. The zero-order valence-corrected chi connectivity index (χ0v) is 36.2. The Morgan fingerprint density at radius 2 is 0.814 bits per heavy atom. The molecule has 0 aliphatic rings. The molecule has 342 valence electrons. The maximum atomic E-state index is 12.4. The summed E-state index contributed by atoms with van der Waals surface area (Å²) in [5.74, 6) is -4.08. The van der Waals surface area contributed by atoms with Crippen molar-refractivity contribution in [2.24, 2.45) is 11.5 Å². The molecule has 0 aliphatic carbocycles. The molecule has 0 rings (SSSR count). The molecule has 0 aromatic heterocycles. The van der Waals surface area contributed by atoms with Gasteiger partial charge in [-0.3, -0.25) is 33.5 Å². The summed E-state index contributed by atoms with van der Waals surface area (Å²) in [6, 6.07) is -3.27. The number of nitrogens with two attached hydrogens (primary N) is 2. The van der Waals surface area contributed by atoms with E-state index in [1.54, 1.807) is 0 Å². The smallest absolute Gasteiger partial charge is 0.326 e. The van der Waals surface area contributed by atoms with Gasteiger partial charge in [-0.2, -0.15) is 0 Å². The van der Waals surface area contributed by atoms with E-state index < -0.39 is 42.1 Å². The number of rotatable bonds is 41. The summed E-state index contributed by atoms with van der Waals surface area (Å²) >= 11 is 3.79. The van der Waals surface area contributed by atoms with E-state index in [4.69, 9.17) is 21.7 Å². The normalized spacial score (nSPS) is 13.1. The van der Waals surface area contributed by atoms with Gasteiger partial charge in [0.25, 0.3) is 0 Å². The molecule has 17 nitrogen and oxygen atoms in total. The van der Waals surface area contributed by atoms with Gasteiger partial charge in [-0.05, 0) is 77.0 Å². The number of unbranched alkanes of at least 4 members (excludes halogenated alkanes) is 16. The highest BCUT2D eigenvalue weighted by Crippen LogP contribution is 2.14. The second-order valence-electron chi connectivity index (χ2n) is 15.5. The lowest BCUT2D eigenvalue weighted by Gasteiger charge is -2.15.